The number of carbonyl (C=O) groups is 2. The molecule has 0 spiro atoms. The quantitative estimate of drug-likeness (QED) is 0.853. The fourth-order valence-corrected chi connectivity index (χ4v) is 3.73. The van der Waals surface area contributed by atoms with Crippen molar-refractivity contribution in [2.75, 3.05) is 13.1 Å². The molecule has 0 radical (unpaired) electrons. The molecule has 0 aliphatic carbocycles. The van der Waals surface area contributed by atoms with Gasteiger partial charge in [0.05, 0.1) is 6.04 Å². The first-order chi connectivity index (χ1) is 12.0. The van der Waals surface area contributed by atoms with Crippen molar-refractivity contribution in [1.29, 1.82) is 0 Å². The number of nitrogens with one attached hydrogen (secondary N) is 2. The Kier molecular flexibility index (Phi) is 5.81. The Bertz CT molecular complexity index is 620. The summed E-state index contributed by atoms with van der Waals surface area (Å²) >= 11 is 0. The predicted molar refractivity (Wildman–Crippen MR) is 93.2 cm³/mol. The summed E-state index contributed by atoms with van der Waals surface area (Å²) < 4.78 is 13.0. The van der Waals surface area contributed by atoms with E-state index in [9.17, 15) is 14.0 Å². The Hall–Kier alpha value is -1.79. The van der Waals surface area contributed by atoms with Crippen LogP contribution in [0, 0.1) is 11.7 Å². The summed E-state index contributed by atoms with van der Waals surface area (Å²) in [6, 6.07) is 6.07. The number of piperidine rings is 1. The van der Waals surface area contributed by atoms with Crippen molar-refractivity contribution in [1.82, 2.24) is 15.8 Å². The third-order valence-electron chi connectivity index (χ3n) is 5.28. The lowest BCUT2D eigenvalue weighted by Gasteiger charge is -2.34. The molecule has 0 aromatic heterocycles. The number of hydrazine groups is 1. The lowest BCUT2D eigenvalue weighted by molar-refractivity contribution is -0.135. The highest BCUT2D eigenvalue weighted by Gasteiger charge is 2.35. The van der Waals surface area contributed by atoms with Crippen molar-refractivity contribution in [3.63, 3.8) is 0 Å². The number of rotatable bonds is 5. The van der Waals surface area contributed by atoms with Crippen LogP contribution in [0.3, 0.4) is 0 Å². The Labute approximate surface area is 147 Å². The van der Waals surface area contributed by atoms with Gasteiger partial charge in [0.1, 0.15) is 17.6 Å². The van der Waals surface area contributed by atoms with E-state index in [4.69, 9.17) is 0 Å². The van der Waals surface area contributed by atoms with E-state index in [-0.39, 0.29) is 29.6 Å². The zero-order valence-electron chi connectivity index (χ0n) is 14.6. The third kappa shape index (κ3) is 4.64. The van der Waals surface area contributed by atoms with Gasteiger partial charge < -0.3 is 4.90 Å². The van der Waals surface area contributed by atoms with Gasteiger partial charge in [-0.25, -0.2) is 15.2 Å². The summed E-state index contributed by atoms with van der Waals surface area (Å²) in [5.74, 6) is 0.404. The molecule has 2 aliphatic rings. The molecule has 3 rings (SSSR count). The summed E-state index contributed by atoms with van der Waals surface area (Å²) in [5.41, 5.74) is 7.01. The average Bonchev–Trinajstić information content (AvgIpc) is 3.11. The molecular formula is C19H26FN3O2. The first-order valence-electron chi connectivity index (χ1n) is 9.07. The number of nitrogens with zero attached hydrogens (tertiary/aromatic N) is 1. The lowest BCUT2D eigenvalue weighted by Crippen LogP contribution is -2.49. The number of Topliss-reactive ketones (excluding diaryl/α,β-unsaturated/α-hetero) is 1. The standard InChI is InChI=1S/C19H26FN3O2/c1-13(24)17-11-18(22-21-17)19(25)23-10-2-3-15(12-23)5-4-14-6-8-16(20)9-7-14/h6-9,15,17-18,21-22H,2-5,10-12H2,1H3. The van der Waals surface area contributed by atoms with Crippen LogP contribution in [0.5, 0.6) is 0 Å². The maximum Gasteiger partial charge on any atom is 0.241 e. The van der Waals surface area contributed by atoms with E-state index in [2.05, 4.69) is 10.9 Å². The van der Waals surface area contributed by atoms with E-state index >= 15 is 0 Å². The van der Waals surface area contributed by atoms with Gasteiger partial charge >= 0.3 is 0 Å². The van der Waals surface area contributed by atoms with E-state index in [1.807, 2.05) is 17.0 Å². The van der Waals surface area contributed by atoms with Crippen molar-refractivity contribution in [3.8, 4) is 0 Å². The van der Waals surface area contributed by atoms with Gasteiger partial charge in [0, 0.05) is 13.1 Å². The van der Waals surface area contributed by atoms with Gasteiger partial charge in [-0.2, -0.15) is 0 Å². The number of benzene rings is 1. The van der Waals surface area contributed by atoms with Crippen LogP contribution in [-0.2, 0) is 16.0 Å². The summed E-state index contributed by atoms with van der Waals surface area (Å²) in [4.78, 5) is 26.1. The Morgan fingerprint density at radius 3 is 2.60 bits per heavy atom. The number of aryl methyl sites for hydroxylation is 1. The van der Waals surface area contributed by atoms with Crippen LogP contribution in [0.25, 0.3) is 0 Å². The molecule has 2 fully saturated rings. The molecular weight excluding hydrogens is 321 g/mol. The van der Waals surface area contributed by atoms with Crippen LogP contribution in [0.4, 0.5) is 4.39 Å². The van der Waals surface area contributed by atoms with Crippen molar-refractivity contribution in [2.45, 2.75) is 51.1 Å². The Morgan fingerprint density at radius 2 is 1.92 bits per heavy atom. The van der Waals surface area contributed by atoms with Crippen LogP contribution in [0.15, 0.2) is 24.3 Å². The molecule has 1 aromatic rings. The smallest absolute Gasteiger partial charge is 0.241 e. The summed E-state index contributed by atoms with van der Waals surface area (Å²) in [5, 5.41) is 0. The van der Waals surface area contributed by atoms with Gasteiger partial charge in [-0.3, -0.25) is 9.59 Å². The van der Waals surface area contributed by atoms with Gasteiger partial charge in [-0.1, -0.05) is 12.1 Å². The number of halogens is 1. The zero-order chi connectivity index (χ0) is 17.8. The first kappa shape index (κ1) is 18.0. The van der Waals surface area contributed by atoms with Gasteiger partial charge in [-0.05, 0) is 62.6 Å². The SMILES string of the molecule is CC(=O)C1CC(C(=O)N2CCCC(CCc3ccc(F)cc3)C2)NN1. The second-order valence-electron chi connectivity index (χ2n) is 7.20. The first-order valence-corrected chi connectivity index (χ1v) is 9.07. The van der Waals surface area contributed by atoms with Gasteiger partial charge in [0.15, 0.2) is 0 Å². The largest absolute Gasteiger partial charge is 0.341 e. The minimum absolute atomic E-state index is 0.0543. The van der Waals surface area contributed by atoms with Crippen LogP contribution in [0.2, 0.25) is 0 Å². The fraction of sp³-hybridized carbons (Fsp3) is 0.579. The lowest BCUT2D eigenvalue weighted by atomic mass is 9.91. The highest BCUT2D eigenvalue weighted by Crippen LogP contribution is 2.23. The fourth-order valence-electron chi connectivity index (χ4n) is 3.73. The average molecular weight is 347 g/mol. The number of hydrogen-bond acceptors (Lipinski definition) is 4. The van der Waals surface area contributed by atoms with Crippen molar-refractivity contribution in [2.24, 2.45) is 5.92 Å². The molecule has 6 heteroatoms. The Balaban J connectivity index is 1.50. The van der Waals surface area contributed by atoms with E-state index in [0.29, 0.717) is 12.3 Å². The number of carbonyl (C=O) groups excluding carboxylic acids is 2. The number of ketones is 1. The second-order valence-corrected chi connectivity index (χ2v) is 7.20. The van der Waals surface area contributed by atoms with Gasteiger partial charge in [0.2, 0.25) is 5.91 Å². The minimum atomic E-state index is -0.315. The molecule has 2 heterocycles. The molecule has 0 bridgehead atoms. The number of amides is 1. The molecule has 1 aromatic carbocycles. The minimum Gasteiger partial charge on any atom is -0.341 e. The maximum atomic E-state index is 13.0. The Morgan fingerprint density at radius 1 is 1.20 bits per heavy atom. The molecule has 2 N–H and O–H groups in total. The highest BCUT2D eigenvalue weighted by atomic mass is 19.1. The van der Waals surface area contributed by atoms with E-state index in [1.54, 1.807) is 6.92 Å². The van der Waals surface area contributed by atoms with Crippen molar-refractivity contribution in [3.05, 3.63) is 35.6 Å². The summed E-state index contributed by atoms with van der Waals surface area (Å²) in [6.45, 7) is 3.09. The number of likely N-dealkylation sites (tertiary alicyclic amines) is 1. The predicted octanol–water partition coefficient (Wildman–Crippen LogP) is 1.82. The van der Waals surface area contributed by atoms with Crippen LogP contribution >= 0.6 is 0 Å². The second kappa shape index (κ2) is 8.06. The van der Waals surface area contributed by atoms with E-state index in [0.717, 1.165) is 44.3 Å². The molecule has 1 amide bonds. The van der Waals surface area contributed by atoms with Crippen molar-refractivity contribution >= 4 is 11.7 Å². The van der Waals surface area contributed by atoms with Gasteiger partial charge in [0.25, 0.3) is 0 Å². The monoisotopic (exact) mass is 347 g/mol. The summed E-state index contributed by atoms with van der Waals surface area (Å²) in [7, 11) is 0. The summed E-state index contributed by atoms with van der Waals surface area (Å²) in [6.07, 6.45) is 4.56. The normalized spacial score (nSPS) is 26.6. The van der Waals surface area contributed by atoms with Crippen molar-refractivity contribution < 1.29 is 14.0 Å². The maximum absolute atomic E-state index is 13.0. The molecule has 3 atom stereocenters. The zero-order valence-corrected chi connectivity index (χ0v) is 14.6. The van der Waals surface area contributed by atoms with Crippen LogP contribution in [0.1, 0.15) is 38.2 Å². The molecule has 2 saturated heterocycles. The van der Waals surface area contributed by atoms with Crippen LogP contribution in [-0.4, -0.2) is 41.8 Å². The van der Waals surface area contributed by atoms with Crippen LogP contribution < -0.4 is 10.9 Å². The van der Waals surface area contributed by atoms with E-state index < -0.39 is 0 Å². The molecule has 3 unspecified atom stereocenters. The molecule has 0 saturated carbocycles. The molecule has 136 valence electrons. The molecule has 25 heavy (non-hydrogen) atoms. The molecule has 5 nitrogen and oxygen atoms in total. The third-order valence-corrected chi connectivity index (χ3v) is 5.28. The molecule has 2 aliphatic heterocycles. The topological polar surface area (TPSA) is 61.4 Å². The van der Waals surface area contributed by atoms with Gasteiger partial charge in [-0.15, -0.1) is 0 Å². The highest BCUT2D eigenvalue weighted by molar-refractivity contribution is 5.86. The van der Waals surface area contributed by atoms with E-state index in [1.165, 1.54) is 12.1 Å². The number of hydrogen-bond donors (Lipinski definition) is 2.